The van der Waals surface area contributed by atoms with Crippen molar-refractivity contribution in [1.29, 1.82) is 0 Å². The maximum absolute atomic E-state index is 14.2. The molecule has 0 spiro atoms. The lowest BCUT2D eigenvalue weighted by Crippen LogP contribution is -2.04. The second-order valence-electron chi connectivity index (χ2n) is 4.36. The first-order chi connectivity index (χ1) is 9.79. The van der Waals surface area contributed by atoms with Crippen molar-refractivity contribution >= 4 is 28.3 Å². The molecule has 21 heavy (non-hydrogen) atoms. The molecule has 2 nitrogen and oxygen atoms in total. The Morgan fingerprint density at radius 2 is 1.62 bits per heavy atom. The van der Waals surface area contributed by atoms with Crippen molar-refractivity contribution < 1.29 is 22.7 Å². The average Bonchev–Trinajstić information content (AvgIpc) is 2.45. The average molecular weight is 411 g/mol. The van der Waals surface area contributed by atoms with Gasteiger partial charge in [-0.1, -0.05) is 0 Å². The normalized spacial score (nSPS) is 10.8. The number of phenols is 1. The minimum Gasteiger partial charge on any atom is -0.506 e. The van der Waals surface area contributed by atoms with Crippen LogP contribution in [0.5, 0.6) is 5.75 Å². The fraction of sp³-hybridized carbons (Fsp3) is 0.143. The van der Waals surface area contributed by atoms with Gasteiger partial charge in [0.15, 0.2) is 17.5 Å². The number of hydrogen-bond acceptors (Lipinski definition) is 2. The highest BCUT2D eigenvalue weighted by atomic mass is 127. The van der Waals surface area contributed by atoms with Crippen LogP contribution in [0.3, 0.4) is 0 Å². The van der Waals surface area contributed by atoms with Crippen LogP contribution in [0.4, 0.5) is 23.2 Å². The maximum atomic E-state index is 14.2. The third-order valence-corrected chi connectivity index (χ3v) is 4.00. The van der Waals surface area contributed by atoms with Gasteiger partial charge in [-0.15, -0.1) is 0 Å². The van der Waals surface area contributed by atoms with Gasteiger partial charge in [0, 0.05) is 21.7 Å². The predicted molar refractivity (Wildman–Crippen MR) is 80.4 cm³/mol. The standard InChI is InChI=1S/C14H10F4INO/c1-5-11(15)10(13(17)14(18)12(5)16)6-3-8(20-2)9(21)4-7(6)19/h3-4,20-21H,1-2H3. The Bertz CT molecular complexity index is 705. The number of anilines is 1. The topological polar surface area (TPSA) is 32.3 Å². The van der Waals surface area contributed by atoms with E-state index in [1.165, 1.54) is 19.2 Å². The first kappa shape index (κ1) is 15.9. The van der Waals surface area contributed by atoms with E-state index in [1.54, 1.807) is 22.6 Å². The second kappa shape index (κ2) is 5.70. The molecule has 2 aromatic rings. The van der Waals surface area contributed by atoms with E-state index in [1.807, 2.05) is 0 Å². The van der Waals surface area contributed by atoms with Crippen LogP contribution in [0.25, 0.3) is 11.1 Å². The fourth-order valence-electron chi connectivity index (χ4n) is 1.94. The molecule has 2 rings (SSSR count). The van der Waals surface area contributed by atoms with Gasteiger partial charge >= 0.3 is 0 Å². The molecule has 0 aliphatic rings. The summed E-state index contributed by atoms with van der Waals surface area (Å²) in [5.41, 5.74) is -1.02. The lowest BCUT2D eigenvalue weighted by molar-refractivity contribution is 0.431. The molecular formula is C14H10F4INO. The molecule has 112 valence electrons. The van der Waals surface area contributed by atoms with Crippen LogP contribution in [0.2, 0.25) is 0 Å². The molecule has 0 fully saturated rings. The Hall–Kier alpha value is -1.51. The van der Waals surface area contributed by atoms with Crippen LogP contribution in [0.15, 0.2) is 12.1 Å². The SMILES string of the molecule is CNc1cc(-c2c(F)c(C)c(F)c(F)c2F)c(I)cc1O. The monoisotopic (exact) mass is 411 g/mol. The smallest absolute Gasteiger partial charge is 0.195 e. The molecule has 0 saturated carbocycles. The maximum Gasteiger partial charge on any atom is 0.195 e. The number of hydrogen-bond donors (Lipinski definition) is 2. The third kappa shape index (κ3) is 2.54. The van der Waals surface area contributed by atoms with Gasteiger partial charge in [-0.3, -0.25) is 0 Å². The summed E-state index contributed by atoms with van der Waals surface area (Å²) in [7, 11) is 1.51. The summed E-state index contributed by atoms with van der Waals surface area (Å²) in [4.78, 5) is 0. The van der Waals surface area contributed by atoms with E-state index in [9.17, 15) is 22.7 Å². The zero-order chi connectivity index (χ0) is 15.9. The summed E-state index contributed by atoms with van der Waals surface area (Å²) in [5.74, 6) is -6.15. The van der Waals surface area contributed by atoms with Crippen molar-refractivity contribution in [2.75, 3.05) is 12.4 Å². The van der Waals surface area contributed by atoms with Crippen molar-refractivity contribution in [3.63, 3.8) is 0 Å². The van der Waals surface area contributed by atoms with E-state index in [2.05, 4.69) is 5.32 Å². The molecule has 7 heteroatoms. The van der Waals surface area contributed by atoms with Crippen LogP contribution in [0, 0.1) is 33.8 Å². The van der Waals surface area contributed by atoms with Crippen molar-refractivity contribution in [1.82, 2.24) is 0 Å². The van der Waals surface area contributed by atoms with Gasteiger partial charge in [0.2, 0.25) is 0 Å². The Morgan fingerprint density at radius 1 is 1.00 bits per heavy atom. The quantitative estimate of drug-likeness (QED) is 0.250. The zero-order valence-electron chi connectivity index (χ0n) is 11.0. The van der Waals surface area contributed by atoms with Crippen LogP contribution >= 0.6 is 22.6 Å². The van der Waals surface area contributed by atoms with E-state index in [0.29, 0.717) is 3.57 Å². The van der Waals surface area contributed by atoms with Gasteiger partial charge in [0.1, 0.15) is 11.6 Å². The number of benzene rings is 2. The largest absolute Gasteiger partial charge is 0.506 e. The van der Waals surface area contributed by atoms with Gasteiger partial charge in [0.25, 0.3) is 0 Å². The molecule has 2 N–H and O–H groups in total. The van der Waals surface area contributed by atoms with Crippen LogP contribution in [0.1, 0.15) is 5.56 Å². The zero-order valence-corrected chi connectivity index (χ0v) is 13.1. The number of phenolic OH excluding ortho intramolecular Hbond substituents is 1. The second-order valence-corrected chi connectivity index (χ2v) is 5.52. The highest BCUT2D eigenvalue weighted by Gasteiger charge is 2.25. The molecule has 2 aromatic carbocycles. The molecular weight excluding hydrogens is 401 g/mol. The Morgan fingerprint density at radius 3 is 2.19 bits per heavy atom. The molecule has 0 unspecified atom stereocenters. The van der Waals surface area contributed by atoms with E-state index in [4.69, 9.17) is 0 Å². The summed E-state index contributed by atoms with van der Waals surface area (Å²) < 4.78 is 55.3. The summed E-state index contributed by atoms with van der Waals surface area (Å²) in [6, 6.07) is 2.55. The third-order valence-electron chi connectivity index (χ3n) is 3.11. The molecule has 0 saturated heterocycles. The first-order valence-corrected chi connectivity index (χ1v) is 6.90. The molecule has 0 amide bonds. The summed E-state index contributed by atoms with van der Waals surface area (Å²) in [6.07, 6.45) is 0. The van der Waals surface area contributed by atoms with Gasteiger partial charge in [-0.2, -0.15) is 0 Å². The van der Waals surface area contributed by atoms with Gasteiger partial charge in [-0.25, -0.2) is 17.6 Å². The molecule has 0 aliphatic carbocycles. The summed E-state index contributed by atoms with van der Waals surface area (Å²) in [5, 5.41) is 12.3. The lowest BCUT2D eigenvalue weighted by Gasteiger charge is -2.14. The number of aromatic hydroxyl groups is 1. The van der Waals surface area contributed by atoms with Crippen molar-refractivity contribution in [3.05, 3.63) is 44.5 Å². The Balaban J connectivity index is 2.85. The molecule has 0 aliphatic heterocycles. The summed E-state index contributed by atoms with van der Waals surface area (Å²) in [6.45, 7) is 1.03. The van der Waals surface area contributed by atoms with E-state index in [-0.39, 0.29) is 17.0 Å². The van der Waals surface area contributed by atoms with Gasteiger partial charge < -0.3 is 10.4 Å². The minimum atomic E-state index is -1.72. The highest BCUT2D eigenvalue weighted by molar-refractivity contribution is 14.1. The first-order valence-electron chi connectivity index (χ1n) is 5.82. The number of nitrogens with one attached hydrogen (secondary N) is 1. The molecule has 0 atom stereocenters. The summed E-state index contributed by atoms with van der Waals surface area (Å²) >= 11 is 1.75. The lowest BCUT2D eigenvalue weighted by atomic mass is 10.00. The van der Waals surface area contributed by atoms with E-state index in [0.717, 1.165) is 6.92 Å². The predicted octanol–water partition coefficient (Wildman–Crippen LogP) is 4.57. The van der Waals surface area contributed by atoms with Crippen LogP contribution in [-0.2, 0) is 0 Å². The van der Waals surface area contributed by atoms with Gasteiger partial charge in [0.05, 0.1) is 11.3 Å². The Labute approximate surface area is 131 Å². The fourth-order valence-corrected chi connectivity index (χ4v) is 2.66. The minimum absolute atomic E-state index is 0.0229. The molecule has 0 radical (unpaired) electrons. The molecule has 0 heterocycles. The van der Waals surface area contributed by atoms with Crippen molar-refractivity contribution in [3.8, 4) is 16.9 Å². The van der Waals surface area contributed by atoms with Crippen LogP contribution < -0.4 is 5.32 Å². The molecule has 0 aromatic heterocycles. The highest BCUT2D eigenvalue weighted by Crippen LogP contribution is 2.38. The number of halogens is 5. The number of rotatable bonds is 2. The van der Waals surface area contributed by atoms with Crippen LogP contribution in [-0.4, -0.2) is 12.2 Å². The van der Waals surface area contributed by atoms with Crippen molar-refractivity contribution in [2.45, 2.75) is 6.92 Å². The molecule has 0 bridgehead atoms. The van der Waals surface area contributed by atoms with Crippen molar-refractivity contribution in [2.24, 2.45) is 0 Å². The van der Waals surface area contributed by atoms with E-state index >= 15 is 0 Å². The van der Waals surface area contributed by atoms with Gasteiger partial charge in [-0.05, 0) is 41.6 Å². The van der Waals surface area contributed by atoms with E-state index < -0.39 is 34.4 Å². The Kier molecular flexibility index (Phi) is 4.31.